The summed E-state index contributed by atoms with van der Waals surface area (Å²) in [7, 11) is 0. The third-order valence-corrected chi connectivity index (χ3v) is 2.67. The molecular weight excluding hydrogens is 331 g/mol. The number of halogens is 1. The van der Waals surface area contributed by atoms with Gasteiger partial charge in [-0.25, -0.2) is 0 Å². The first-order chi connectivity index (χ1) is 8.00. The van der Waals surface area contributed by atoms with Crippen LogP contribution in [0.3, 0.4) is 0 Å². The summed E-state index contributed by atoms with van der Waals surface area (Å²) >= 11 is 0. The molecule has 0 amide bonds. The van der Waals surface area contributed by atoms with Crippen LogP contribution in [0.15, 0.2) is 0 Å². The van der Waals surface area contributed by atoms with E-state index in [9.17, 15) is 0 Å². The topological polar surface area (TPSA) is 0 Å². The zero-order valence-electron chi connectivity index (χ0n) is 11.0. The van der Waals surface area contributed by atoms with Gasteiger partial charge in [0.15, 0.2) is 0 Å². The standard InChI is InChI=1S/2C8H12.ClH.Rh/c2*1-2-4-6-8-7-5-3-1;;/h2*1-2,7-8H,3-6H2;1H;/q;;;+2/p-1. The van der Waals surface area contributed by atoms with E-state index in [1.165, 1.54) is 51.4 Å². The third kappa shape index (κ3) is 15.0. The molecule has 0 aromatic heterocycles. The van der Waals surface area contributed by atoms with E-state index < -0.39 is 0 Å². The van der Waals surface area contributed by atoms with Crippen LogP contribution in [0.25, 0.3) is 0 Å². The second-order valence-corrected chi connectivity index (χ2v) is 4.20. The Morgan fingerprint density at radius 3 is 0.556 bits per heavy atom. The van der Waals surface area contributed by atoms with Gasteiger partial charge in [-0.1, -0.05) is 0 Å². The molecule has 0 unspecified atom stereocenters. The number of hydrogen-bond donors (Lipinski definition) is 0. The van der Waals surface area contributed by atoms with Crippen LogP contribution >= 0.6 is 0 Å². The molecule has 9 radical (unpaired) electrons. The van der Waals surface area contributed by atoms with Gasteiger partial charge >= 0.3 is 19.5 Å². The van der Waals surface area contributed by atoms with Crippen molar-refractivity contribution in [1.82, 2.24) is 0 Å². The average Bonchev–Trinajstić information content (AvgIpc) is 2.15. The molecule has 2 aliphatic carbocycles. The predicted octanol–water partition coefficient (Wildman–Crippen LogP) is 1.76. The summed E-state index contributed by atoms with van der Waals surface area (Å²) in [4.78, 5) is 0. The van der Waals surface area contributed by atoms with E-state index in [0.717, 1.165) is 0 Å². The maximum absolute atomic E-state index is 2.27. The van der Waals surface area contributed by atoms with E-state index in [2.05, 4.69) is 51.4 Å². The van der Waals surface area contributed by atoms with Gasteiger partial charge < -0.3 is 12.4 Å². The van der Waals surface area contributed by atoms with Crippen LogP contribution in [0.5, 0.6) is 0 Å². The molecule has 0 spiro atoms. The molecule has 2 aliphatic rings. The van der Waals surface area contributed by atoms with Crippen molar-refractivity contribution < 1.29 is 31.9 Å². The number of hydrogen-bond acceptors (Lipinski definition) is 0. The Balaban J connectivity index is 0. The van der Waals surface area contributed by atoms with Crippen LogP contribution in [-0.4, -0.2) is 0 Å². The van der Waals surface area contributed by atoms with Gasteiger partial charge in [0.05, 0.1) is 0 Å². The van der Waals surface area contributed by atoms with E-state index in [0.29, 0.717) is 0 Å². The Morgan fingerprint density at radius 2 is 0.444 bits per heavy atom. The monoisotopic (exact) mass is 354 g/mol. The normalized spacial score (nSPS) is 21.3. The molecule has 0 aromatic carbocycles. The molecule has 0 N–H and O–H groups in total. The third-order valence-electron chi connectivity index (χ3n) is 2.67. The molecule has 2 heteroatoms. The Kier molecular flexibility index (Phi) is 21.1. The summed E-state index contributed by atoms with van der Waals surface area (Å²) in [6.07, 6.45) is 28.0. The van der Waals surface area contributed by atoms with Crippen LogP contribution in [0.2, 0.25) is 0 Å². The predicted molar refractivity (Wildman–Crippen MR) is 71.3 cm³/mol. The number of rotatable bonds is 0. The van der Waals surface area contributed by atoms with Crippen LogP contribution in [-0.2, 0) is 19.5 Å². The van der Waals surface area contributed by atoms with E-state index in [-0.39, 0.29) is 31.9 Å². The van der Waals surface area contributed by atoms with Crippen molar-refractivity contribution in [3.63, 3.8) is 0 Å². The largest absolute Gasteiger partial charge is 2.00 e. The quantitative estimate of drug-likeness (QED) is 0.582. The van der Waals surface area contributed by atoms with E-state index in [4.69, 9.17) is 0 Å². The molecule has 0 saturated heterocycles. The molecule has 0 aliphatic heterocycles. The summed E-state index contributed by atoms with van der Waals surface area (Å²) < 4.78 is 0. The van der Waals surface area contributed by atoms with Gasteiger partial charge in [-0.05, 0) is 103 Å². The first-order valence-electron chi connectivity index (χ1n) is 6.60. The molecule has 103 valence electrons. The maximum Gasteiger partial charge on any atom is 2.00 e. The minimum atomic E-state index is 0. The summed E-state index contributed by atoms with van der Waals surface area (Å²) in [6.45, 7) is 0. The van der Waals surface area contributed by atoms with Crippen molar-refractivity contribution in [2.75, 3.05) is 0 Å². The summed E-state index contributed by atoms with van der Waals surface area (Å²) in [5, 5.41) is 0. The van der Waals surface area contributed by atoms with Gasteiger partial charge in [-0.15, -0.1) is 0 Å². The Labute approximate surface area is 134 Å². The molecule has 0 atom stereocenters. The van der Waals surface area contributed by atoms with E-state index in [1.807, 2.05) is 0 Å². The molecule has 0 bridgehead atoms. The first kappa shape index (κ1) is 21.2. The molecule has 0 aromatic rings. The van der Waals surface area contributed by atoms with Gasteiger partial charge in [0.2, 0.25) is 0 Å². The van der Waals surface area contributed by atoms with Gasteiger partial charge in [-0.2, -0.15) is 0 Å². The molecule has 2 rings (SSSR count). The van der Waals surface area contributed by atoms with Crippen molar-refractivity contribution in [3.05, 3.63) is 51.4 Å². The Bertz CT molecular complexity index is 75.1. The second kappa shape index (κ2) is 17.9. The summed E-state index contributed by atoms with van der Waals surface area (Å²) in [5.41, 5.74) is 0. The summed E-state index contributed by atoms with van der Waals surface area (Å²) in [5.74, 6) is 0. The van der Waals surface area contributed by atoms with Crippen LogP contribution in [0.4, 0.5) is 0 Å². The minimum Gasteiger partial charge on any atom is -1.00 e. The fraction of sp³-hybridized carbons (Fsp3) is 0.500. The zero-order valence-corrected chi connectivity index (χ0v) is 13.4. The Morgan fingerprint density at radius 1 is 0.333 bits per heavy atom. The van der Waals surface area contributed by atoms with Gasteiger partial charge in [-0.3, -0.25) is 0 Å². The molecule has 18 heavy (non-hydrogen) atoms. The van der Waals surface area contributed by atoms with Gasteiger partial charge in [0.1, 0.15) is 0 Å². The van der Waals surface area contributed by atoms with Gasteiger partial charge in [0.25, 0.3) is 0 Å². The van der Waals surface area contributed by atoms with Crippen molar-refractivity contribution in [2.45, 2.75) is 51.4 Å². The van der Waals surface area contributed by atoms with Crippen LogP contribution in [0.1, 0.15) is 51.4 Å². The van der Waals surface area contributed by atoms with E-state index in [1.54, 1.807) is 0 Å². The minimum absolute atomic E-state index is 0. The van der Waals surface area contributed by atoms with Crippen molar-refractivity contribution in [2.24, 2.45) is 0 Å². The fourth-order valence-electron chi connectivity index (χ4n) is 1.71. The first-order valence-corrected chi connectivity index (χ1v) is 6.60. The molecule has 0 nitrogen and oxygen atoms in total. The van der Waals surface area contributed by atoms with Crippen molar-refractivity contribution in [1.29, 1.82) is 0 Å². The summed E-state index contributed by atoms with van der Waals surface area (Å²) in [6, 6.07) is 0. The molecule has 2 saturated carbocycles. The smallest absolute Gasteiger partial charge is 1.00 e. The van der Waals surface area contributed by atoms with Crippen LogP contribution < -0.4 is 12.4 Å². The second-order valence-electron chi connectivity index (χ2n) is 4.20. The van der Waals surface area contributed by atoms with Crippen LogP contribution in [0, 0.1) is 51.4 Å². The fourth-order valence-corrected chi connectivity index (χ4v) is 1.71. The van der Waals surface area contributed by atoms with Crippen molar-refractivity contribution in [3.8, 4) is 0 Å². The SMILES string of the molecule is [CH]1[CH]CC[CH][CH]CC1.[CH]1[CH]CC[CH][CH]CC1.[Cl-].[Rh+2]. The maximum atomic E-state index is 2.27. The Hall–Kier alpha value is 0.913. The zero-order chi connectivity index (χ0) is 11.3. The van der Waals surface area contributed by atoms with Crippen molar-refractivity contribution >= 4 is 0 Å². The molecule has 0 heterocycles. The average molecular weight is 355 g/mol. The molecule has 2 fully saturated rings. The van der Waals surface area contributed by atoms with E-state index >= 15 is 0 Å². The van der Waals surface area contributed by atoms with Gasteiger partial charge in [0, 0.05) is 0 Å². The molecular formula is C16H24ClRh+.